The van der Waals surface area contributed by atoms with Crippen LogP contribution in [0, 0.1) is 0 Å². The van der Waals surface area contributed by atoms with Crippen LogP contribution in [0.2, 0.25) is 0 Å². The molecule has 2 atom stereocenters. The zero-order valence-electron chi connectivity index (χ0n) is 8.60. The average molecular weight is 237 g/mol. The molecule has 1 fully saturated rings. The molecular formula is C8H17ClN4O2. The minimum atomic E-state index is -0.814. The second-order valence-electron chi connectivity index (χ2n) is 3.57. The van der Waals surface area contributed by atoms with E-state index in [0.717, 1.165) is 13.0 Å². The fourth-order valence-electron chi connectivity index (χ4n) is 1.56. The number of primary amides is 1. The quantitative estimate of drug-likeness (QED) is 0.574. The molecule has 1 rings (SSSR count). The lowest BCUT2D eigenvalue weighted by Gasteiger charge is -2.22. The summed E-state index contributed by atoms with van der Waals surface area (Å²) in [5.41, 5.74) is 10.5. The molecule has 0 spiro atoms. The summed E-state index contributed by atoms with van der Waals surface area (Å²) in [6.07, 6.45) is 0.883. The number of hydrogen-bond acceptors (Lipinski definition) is 4. The zero-order chi connectivity index (χ0) is 10.7. The van der Waals surface area contributed by atoms with E-state index >= 15 is 0 Å². The van der Waals surface area contributed by atoms with Gasteiger partial charge in [0.1, 0.15) is 0 Å². The fraction of sp³-hybridized carbons (Fsp3) is 0.750. The third-order valence-electron chi connectivity index (χ3n) is 2.43. The van der Waals surface area contributed by atoms with Crippen molar-refractivity contribution >= 4 is 24.3 Å². The summed E-state index contributed by atoms with van der Waals surface area (Å²) >= 11 is 0. The van der Waals surface area contributed by atoms with E-state index in [1.807, 2.05) is 4.90 Å². The van der Waals surface area contributed by atoms with Crippen LogP contribution in [-0.4, -0.2) is 42.0 Å². The normalized spacial score (nSPS) is 22.9. The molecule has 0 aromatic heterocycles. The first-order valence-corrected chi connectivity index (χ1v) is 4.60. The number of urea groups is 1. The maximum Gasteiger partial charge on any atom is 0.318 e. The van der Waals surface area contributed by atoms with E-state index in [1.165, 1.54) is 0 Å². The summed E-state index contributed by atoms with van der Waals surface area (Å²) in [6, 6.07) is -1.04. The first kappa shape index (κ1) is 14.2. The van der Waals surface area contributed by atoms with Crippen LogP contribution < -0.4 is 16.8 Å². The number of amides is 3. The molecule has 1 aliphatic rings. The Morgan fingerprint density at radius 3 is 2.53 bits per heavy atom. The number of halogens is 1. The van der Waals surface area contributed by atoms with Crippen molar-refractivity contribution < 1.29 is 9.59 Å². The Hall–Kier alpha value is -0.850. The van der Waals surface area contributed by atoms with Crippen molar-refractivity contribution in [2.24, 2.45) is 11.5 Å². The molecule has 1 heterocycles. The van der Waals surface area contributed by atoms with Crippen LogP contribution in [-0.2, 0) is 4.79 Å². The van der Waals surface area contributed by atoms with Gasteiger partial charge in [-0.25, -0.2) is 4.79 Å². The summed E-state index contributed by atoms with van der Waals surface area (Å²) in [7, 11) is 0. The number of likely N-dealkylation sites (tertiary alicyclic amines) is 1. The van der Waals surface area contributed by atoms with Gasteiger partial charge in [-0.15, -0.1) is 12.4 Å². The second kappa shape index (κ2) is 5.89. The van der Waals surface area contributed by atoms with Crippen LogP contribution in [0.4, 0.5) is 4.79 Å². The van der Waals surface area contributed by atoms with Crippen molar-refractivity contribution in [3.63, 3.8) is 0 Å². The molecular weight excluding hydrogens is 220 g/mol. The Morgan fingerprint density at radius 1 is 1.53 bits per heavy atom. The van der Waals surface area contributed by atoms with E-state index in [4.69, 9.17) is 11.5 Å². The molecule has 3 amide bonds. The van der Waals surface area contributed by atoms with E-state index in [2.05, 4.69) is 5.32 Å². The van der Waals surface area contributed by atoms with E-state index < -0.39 is 6.03 Å². The number of rotatable bonds is 2. The third kappa shape index (κ3) is 4.03. The van der Waals surface area contributed by atoms with Crippen LogP contribution in [0.5, 0.6) is 0 Å². The van der Waals surface area contributed by atoms with E-state index in [-0.39, 0.29) is 30.4 Å². The van der Waals surface area contributed by atoms with Crippen LogP contribution in [0.3, 0.4) is 0 Å². The molecule has 0 aromatic rings. The second-order valence-corrected chi connectivity index (χ2v) is 3.57. The number of carbonyl (C=O) groups is 2. The number of carbonyl (C=O) groups excluding carboxylic acids is 2. The lowest BCUT2D eigenvalue weighted by Crippen LogP contribution is -2.48. The van der Waals surface area contributed by atoms with Crippen LogP contribution in [0.15, 0.2) is 0 Å². The van der Waals surface area contributed by atoms with Gasteiger partial charge in [0.05, 0.1) is 6.04 Å². The predicted molar refractivity (Wildman–Crippen MR) is 58.6 cm³/mol. The lowest BCUT2D eigenvalue weighted by atomic mass is 10.3. The topological polar surface area (TPSA) is 101 Å². The van der Waals surface area contributed by atoms with Crippen LogP contribution in [0.1, 0.15) is 13.3 Å². The number of imide groups is 1. The minimum absolute atomic E-state index is 0. The highest BCUT2D eigenvalue weighted by Gasteiger charge is 2.27. The van der Waals surface area contributed by atoms with Crippen molar-refractivity contribution in [2.75, 3.05) is 13.1 Å². The predicted octanol–water partition coefficient (Wildman–Crippen LogP) is -0.975. The number of hydrogen-bond donors (Lipinski definition) is 3. The van der Waals surface area contributed by atoms with Gasteiger partial charge in [0.15, 0.2) is 0 Å². The highest BCUT2D eigenvalue weighted by atomic mass is 35.5. The van der Waals surface area contributed by atoms with Gasteiger partial charge in [-0.2, -0.15) is 0 Å². The summed E-state index contributed by atoms with van der Waals surface area (Å²) < 4.78 is 0. The smallest absolute Gasteiger partial charge is 0.318 e. The maximum atomic E-state index is 11.4. The molecule has 0 aliphatic carbocycles. The van der Waals surface area contributed by atoms with E-state index in [1.54, 1.807) is 6.92 Å². The zero-order valence-corrected chi connectivity index (χ0v) is 9.42. The monoisotopic (exact) mass is 236 g/mol. The molecule has 6 nitrogen and oxygen atoms in total. The maximum absolute atomic E-state index is 11.4. The van der Waals surface area contributed by atoms with Gasteiger partial charge in [0.2, 0.25) is 5.91 Å². The van der Waals surface area contributed by atoms with Crippen LogP contribution in [0.25, 0.3) is 0 Å². The molecule has 1 unspecified atom stereocenters. The SMILES string of the molecule is CC(C(=O)NC(N)=O)N1CC[C@@H](N)C1.Cl. The molecule has 1 saturated heterocycles. The van der Waals surface area contributed by atoms with Crippen LogP contribution >= 0.6 is 12.4 Å². The summed E-state index contributed by atoms with van der Waals surface area (Å²) in [5.74, 6) is -0.369. The van der Waals surface area contributed by atoms with Gasteiger partial charge in [0.25, 0.3) is 0 Å². The highest BCUT2D eigenvalue weighted by molar-refractivity contribution is 5.96. The first-order valence-electron chi connectivity index (χ1n) is 4.60. The largest absolute Gasteiger partial charge is 0.351 e. The summed E-state index contributed by atoms with van der Waals surface area (Å²) in [5, 5.41) is 2.05. The Balaban J connectivity index is 0.00000196. The minimum Gasteiger partial charge on any atom is -0.351 e. The van der Waals surface area contributed by atoms with Gasteiger partial charge in [-0.1, -0.05) is 0 Å². The van der Waals surface area contributed by atoms with Crippen molar-refractivity contribution in [3.8, 4) is 0 Å². The number of nitrogens with two attached hydrogens (primary N) is 2. The molecule has 88 valence electrons. The lowest BCUT2D eigenvalue weighted by molar-refractivity contribution is -0.124. The fourth-order valence-corrected chi connectivity index (χ4v) is 1.56. The third-order valence-corrected chi connectivity index (χ3v) is 2.43. The Morgan fingerprint density at radius 2 is 2.13 bits per heavy atom. The summed E-state index contributed by atoms with van der Waals surface area (Å²) in [4.78, 5) is 23.7. The molecule has 0 saturated carbocycles. The molecule has 0 bridgehead atoms. The van der Waals surface area contributed by atoms with Gasteiger partial charge >= 0.3 is 6.03 Å². The van der Waals surface area contributed by atoms with Gasteiger partial charge < -0.3 is 11.5 Å². The molecule has 0 aromatic carbocycles. The molecule has 0 radical (unpaired) electrons. The Labute approximate surface area is 94.8 Å². The van der Waals surface area contributed by atoms with E-state index in [0.29, 0.717) is 6.54 Å². The van der Waals surface area contributed by atoms with Crippen molar-refractivity contribution in [1.82, 2.24) is 10.2 Å². The van der Waals surface area contributed by atoms with Gasteiger partial charge in [0, 0.05) is 19.1 Å². The van der Waals surface area contributed by atoms with Crippen molar-refractivity contribution in [2.45, 2.75) is 25.4 Å². The number of nitrogens with one attached hydrogen (secondary N) is 1. The highest BCUT2D eigenvalue weighted by Crippen LogP contribution is 2.10. The summed E-state index contributed by atoms with van der Waals surface area (Å²) in [6.45, 7) is 3.21. The Bertz CT molecular complexity index is 249. The average Bonchev–Trinajstić information content (AvgIpc) is 2.49. The van der Waals surface area contributed by atoms with Crippen molar-refractivity contribution in [1.29, 1.82) is 0 Å². The molecule has 15 heavy (non-hydrogen) atoms. The molecule has 1 aliphatic heterocycles. The van der Waals surface area contributed by atoms with Crippen molar-refractivity contribution in [3.05, 3.63) is 0 Å². The standard InChI is InChI=1S/C8H16N4O2.ClH/c1-5(7(13)11-8(10)14)12-3-2-6(9)4-12;/h5-6H,2-4,9H2,1H3,(H3,10,11,13,14);1H/t5?,6-;/m1./s1. The molecule has 7 heteroatoms. The number of nitrogens with zero attached hydrogens (tertiary/aromatic N) is 1. The van der Waals surface area contributed by atoms with Gasteiger partial charge in [-0.05, 0) is 13.3 Å². The molecule has 5 N–H and O–H groups in total. The van der Waals surface area contributed by atoms with E-state index in [9.17, 15) is 9.59 Å². The van der Waals surface area contributed by atoms with Gasteiger partial charge in [-0.3, -0.25) is 15.0 Å². The first-order chi connectivity index (χ1) is 6.50. The Kier molecular flexibility index (Phi) is 5.56.